The van der Waals surface area contributed by atoms with Crippen molar-refractivity contribution in [3.8, 4) is 0 Å². The average molecular weight is 533 g/mol. The third-order valence-corrected chi connectivity index (χ3v) is 15.2. The van der Waals surface area contributed by atoms with Gasteiger partial charge in [-0.25, -0.2) is 0 Å². The molecular weight excluding hydrogens is 476 g/mol. The Kier molecular flexibility index (Phi) is 6.31. The predicted octanol–water partition coefficient (Wildman–Crippen LogP) is 10.0. The van der Waals surface area contributed by atoms with Crippen LogP contribution in [0.4, 0.5) is 0 Å². The van der Waals surface area contributed by atoms with Gasteiger partial charge in [-0.15, -0.1) is 0 Å². The summed E-state index contributed by atoms with van der Waals surface area (Å²) in [6.07, 6.45) is 19.7. The first-order valence-corrected chi connectivity index (χ1v) is 16.5. The molecule has 2 nitrogen and oxygen atoms in total. The summed E-state index contributed by atoms with van der Waals surface area (Å²) in [7, 11) is 0. The number of carboxylic acid groups (broad SMARTS) is 1. The number of hydrogen-bond acceptors (Lipinski definition) is 1. The predicted molar refractivity (Wildman–Crippen MR) is 161 cm³/mol. The molecule has 0 aromatic rings. The van der Waals surface area contributed by atoms with Gasteiger partial charge in [-0.05, 0) is 152 Å². The highest BCUT2D eigenvalue weighted by Gasteiger charge is 2.69. The lowest BCUT2D eigenvalue weighted by atomic mass is 9.32. The molecule has 0 saturated heterocycles. The van der Waals surface area contributed by atoms with Gasteiger partial charge in [0.05, 0.1) is 5.92 Å². The molecule has 4 saturated carbocycles. The Labute approximate surface area is 239 Å². The monoisotopic (exact) mass is 532 g/mol. The number of fused-ring (bicyclic) bond motifs is 7. The Hall–Kier alpha value is -1.31. The van der Waals surface area contributed by atoms with E-state index >= 15 is 0 Å². The van der Waals surface area contributed by atoms with Gasteiger partial charge in [0.25, 0.3) is 0 Å². The van der Waals surface area contributed by atoms with E-state index in [0.29, 0.717) is 34.0 Å². The number of hydrogen-bond donors (Lipinski definition) is 1. The van der Waals surface area contributed by atoms with Gasteiger partial charge >= 0.3 is 5.97 Å². The molecule has 2 heteroatoms. The lowest BCUT2D eigenvalue weighted by molar-refractivity contribution is -0.225. The van der Waals surface area contributed by atoms with E-state index in [1.54, 1.807) is 5.57 Å². The molecule has 0 aromatic carbocycles. The average Bonchev–Trinajstić information content (AvgIpc) is 3.22. The Morgan fingerprint density at radius 1 is 0.872 bits per heavy atom. The number of aliphatic carboxylic acids is 1. The van der Waals surface area contributed by atoms with Crippen LogP contribution in [0.15, 0.2) is 35.5 Å². The molecule has 0 heterocycles. The quantitative estimate of drug-likeness (QED) is 0.367. The van der Waals surface area contributed by atoms with Gasteiger partial charge in [0.15, 0.2) is 0 Å². The fourth-order valence-electron chi connectivity index (χ4n) is 12.9. The lowest BCUT2D eigenvalue weighted by Gasteiger charge is -2.72. The second kappa shape index (κ2) is 8.84. The van der Waals surface area contributed by atoms with Gasteiger partial charge < -0.3 is 5.11 Å². The van der Waals surface area contributed by atoms with Crippen LogP contribution < -0.4 is 0 Å². The van der Waals surface area contributed by atoms with Crippen LogP contribution in [0.5, 0.6) is 0 Å². The Bertz CT molecular complexity index is 1120. The van der Waals surface area contributed by atoms with E-state index in [-0.39, 0.29) is 11.3 Å². The fourth-order valence-corrected chi connectivity index (χ4v) is 12.9. The molecule has 0 aliphatic heterocycles. The van der Waals surface area contributed by atoms with E-state index < -0.39 is 5.97 Å². The van der Waals surface area contributed by atoms with Crippen molar-refractivity contribution in [1.29, 1.82) is 0 Å². The first kappa shape index (κ1) is 27.8. The van der Waals surface area contributed by atoms with Crippen molar-refractivity contribution >= 4 is 5.97 Å². The second-order valence-electron chi connectivity index (χ2n) is 16.9. The highest BCUT2D eigenvalue weighted by molar-refractivity contribution is 5.70. The van der Waals surface area contributed by atoms with Crippen molar-refractivity contribution in [2.45, 2.75) is 126 Å². The first-order valence-electron chi connectivity index (χ1n) is 16.5. The molecule has 0 bridgehead atoms. The number of carbonyl (C=O) groups is 1. The van der Waals surface area contributed by atoms with Crippen molar-refractivity contribution in [1.82, 2.24) is 0 Å². The van der Waals surface area contributed by atoms with Crippen molar-refractivity contribution in [3.05, 3.63) is 35.5 Å². The molecule has 0 amide bonds. The van der Waals surface area contributed by atoms with Crippen LogP contribution in [0.2, 0.25) is 0 Å². The highest BCUT2D eigenvalue weighted by Crippen LogP contribution is 2.77. The molecule has 0 spiro atoms. The first-order chi connectivity index (χ1) is 18.2. The Balaban J connectivity index is 1.33. The van der Waals surface area contributed by atoms with Crippen LogP contribution >= 0.6 is 0 Å². The minimum Gasteiger partial charge on any atom is -0.481 e. The molecule has 4 fully saturated rings. The van der Waals surface area contributed by atoms with E-state index in [2.05, 4.69) is 67.2 Å². The summed E-state index contributed by atoms with van der Waals surface area (Å²) < 4.78 is 0. The fraction of sp³-hybridized carbons (Fsp3) is 0.811. The van der Waals surface area contributed by atoms with Gasteiger partial charge in [0.1, 0.15) is 0 Å². The van der Waals surface area contributed by atoms with Crippen molar-refractivity contribution in [2.75, 3.05) is 0 Å². The van der Waals surface area contributed by atoms with E-state index in [1.807, 2.05) is 0 Å². The molecule has 6 aliphatic rings. The normalized spacial score (nSPS) is 50.4. The molecule has 6 aliphatic carbocycles. The zero-order valence-electron chi connectivity index (χ0n) is 26.2. The highest BCUT2D eigenvalue weighted by atomic mass is 16.4. The molecule has 1 N–H and O–H groups in total. The molecule has 39 heavy (non-hydrogen) atoms. The van der Waals surface area contributed by atoms with Crippen LogP contribution in [0.1, 0.15) is 126 Å². The number of allylic oxidation sites excluding steroid dienone is 5. The zero-order chi connectivity index (χ0) is 28.2. The van der Waals surface area contributed by atoms with E-state index in [0.717, 1.165) is 36.5 Å². The summed E-state index contributed by atoms with van der Waals surface area (Å²) >= 11 is 0. The SMILES string of the molecule is C=C(C)[C@@H]1CC[C@]2(C)CC[C@]3(C)[C@H](CC[C@@H]4[C@@]5(C)CC=C(C6=CC[C@@H](C(=O)O)CC6)C(C)(C)[C@@H]5CC[C@]43C)[C@@H]12. The molecule has 10 atom stereocenters. The standard InChI is InChI=1S/C37H56O2/c1-23(2)26-15-18-34(5)21-22-36(7)28(31(26)34)13-14-30-35(6)19-16-27(24-9-11-25(12-10-24)32(38)39)33(3,4)29(35)17-20-37(30,36)8/h9,16,25-26,28-31H,1,10-15,17-22H2,2-8H3,(H,38,39)/t25-,26+,28-,29+,30-,31-,34-,35+,36-,37-/m1/s1. The Morgan fingerprint density at radius 2 is 1.62 bits per heavy atom. The summed E-state index contributed by atoms with van der Waals surface area (Å²) in [6, 6.07) is 0. The lowest BCUT2D eigenvalue weighted by Crippen LogP contribution is -2.65. The van der Waals surface area contributed by atoms with E-state index in [4.69, 9.17) is 0 Å². The van der Waals surface area contributed by atoms with Crippen LogP contribution in [-0.2, 0) is 4.79 Å². The van der Waals surface area contributed by atoms with Crippen LogP contribution in [0, 0.1) is 62.6 Å². The summed E-state index contributed by atoms with van der Waals surface area (Å²) in [5, 5.41) is 9.52. The van der Waals surface area contributed by atoms with E-state index in [1.165, 1.54) is 68.9 Å². The van der Waals surface area contributed by atoms with E-state index in [9.17, 15) is 9.90 Å². The summed E-state index contributed by atoms with van der Waals surface area (Å²) in [5.41, 5.74) is 6.32. The largest absolute Gasteiger partial charge is 0.481 e. The summed E-state index contributed by atoms with van der Waals surface area (Å²) in [5.74, 6) is 3.08. The second-order valence-corrected chi connectivity index (χ2v) is 16.9. The maximum Gasteiger partial charge on any atom is 0.306 e. The summed E-state index contributed by atoms with van der Waals surface area (Å²) in [6.45, 7) is 22.7. The molecule has 216 valence electrons. The maximum atomic E-state index is 11.6. The Morgan fingerprint density at radius 3 is 2.26 bits per heavy atom. The number of carboxylic acids is 1. The smallest absolute Gasteiger partial charge is 0.306 e. The van der Waals surface area contributed by atoms with Crippen LogP contribution in [0.3, 0.4) is 0 Å². The minimum absolute atomic E-state index is 0.148. The third-order valence-electron chi connectivity index (χ3n) is 15.2. The van der Waals surface area contributed by atoms with Crippen LogP contribution in [-0.4, -0.2) is 11.1 Å². The van der Waals surface area contributed by atoms with Gasteiger partial charge in [-0.2, -0.15) is 0 Å². The molecular formula is C37H56O2. The van der Waals surface area contributed by atoms with Crippen molar-refractivity contribution < 1.29 is 9.90 Å². The molecule has 0 unspecified atom stereocenters. The number of rotatable bonds is 3. The topological polar surface area (TPSA) is 37.3 Å². The molecule has 0 aromatic heterocycles. The zero-order valence-corrected chi connectivity index (χ0v) is 26.2. The van der Waals surface area contributed by atoms with Gasteiger partial charge in [0.2, 0.25) is 0 Å². The van der Waals surface area contributed by atoms with Crippen LogP contribution in [0.25, 0.3) is 0 Å². The maximum absolute atomic E-state index is 11.6. The van der Waals surface area contributed by atoms with Crippen molar-refractivity contribution in [2.24, 2.45) is 62.6 Å². The molecule has 6 rings (SSSR count). The van der Waals surface area contributed by atoms with Crippen molar-refractivity contribution in [3.63, 3.8) is 0 Å². The summed E-state index contributed by atoms with van der Waals surface area (Å²) in [4.78, 5) is 11.6. The third kappa shape index (κ3) is 3.67. The van der Waals surface area contributed by atoms with Gasteiger partial charge in [-0.3, -0.25) is 4.79 Å². The minimum atomic E-state index is -0.624. The van der Waals surface area contributed by atoms with Gasteiger partial charge in [0, 0.05) is 0 Å². The molecule has 0 radical (unpaired) electrons. The van der Waals surface area contributed by atoms with Gasteiger partial charge in [-0.1, -0.05) is 65.8 Å².